The number of rotatable bonds is 11. The lowest BCUT2D eigenvalue weighted by Gasteiger charge is -2.39. The van der Waals surface area contributed by atoms with Crippen LogP contribution in [0.4, 0.5) is 69.2 Å². The molecule has 0 atom stereocenters. The Morgan fingerprint density at radius 2 is 0.879 bits per heavy atom. The first-order chi connectivity index (χ1) is 13.9. The zero-order chi connectivity index (χ0) is 27.5. The van der Waals surface area contributed by atoms with Crippen molar-refractivity contribution in [2.45, 2.75) is 40.6 Å². The molecule has 0 unspecified atom stereocenters. The predicted molar refractivity (Wildman–Crippen MR) is 66.0 cm³/mol. The maximum Gasteiger partial charge on any atom is 0.439 e. The molecule has 0 aromatic heterocycles. The first kappa shape index (κ1) is 31.4. The third-order valence-corrected chi connectivity index (χ3v) is 4.68. The van der Waals surface area contributed by atoms with Crippen LogP contribution in [0.25, 0.3) is 0 Å². The van der Waals surface area contributed by atoms with E-state index in [1.54, 1.807) is 4.74 Å². The van der Waals surface area contributed by atoms with Crippen LogP contribution in [0.2, 0.25) is 0 Å². The second-order valence-electron chi connectivity index (χ2n) is 5.24. The zero-order valence-corrected chi connectivity index (χ0v) is 15.7. The molecule has 0 bridgehead atoms. The summed E-state index contributed by atoms with van der Waals surface area (Å²) in [5, 5.41) is -16.2. The van der Waals surface area contributed by atoms with E-state index in [-0.39, 0.29) is 0 Å². The number of halogens is 16. The lowest BCUT2D eigenvalue weighted by atomic mass is 10.2. The lowest BCUT2D eigenvalue weighted by Crippen LogP contribution is -2.69. The molecule has 24 heteroatoms. The Hall–Kier alpha value is -1.56. The summed E-state index contributed by atoms with van der Waals surface area (Å²) in [5.41, 5.74) is 0. The minimum Gasteiger partial charge on any atom is -0.265 e. The van der Waals surface area contributed by atoms with E-state index >= 15 is 0 Å². The minimum absolute atomic E-state index is 1.22. The van der Waals surface area contributed by atoms with Crippen molar-refractivity contribution in [1.82, 2.24) is 0 Å². The SMILES string of the molecule is C=C(F)C(F)(F)OC(F)(F)C(F)(F)C(F)(F)OC(F)(C(F)(F)S(=O)(=O)F)C(F)(F)S(=O)(=O)F. The van der Waals surface area contributed by atoms with Gasteiger partial charge in [-0.25, -0.2) is 9.13 Å². The first-order valence-corrected chi connectivity index (χ1v) is 9.22. The van der Waals surface area contributed by atoms with Crippen molar-refractivity contribution in [1.29, 1.82) is 0 Å². The lowest BCUT2D eigenvalue weighted by molar-refractivity contribution is -0.512. The van der Waals surface area contributed by atoms with Crippen molar-refractivity contribution < 1.29 is 95.5 Å². The van der Waals surface area contributed by atoms with E-state index in [2.05, 4.69) is 0 Å². The molecule has 198 valence electrons. The predicted octanol–water partition coefficient (Wildman–Crippen LogP) is 4.37. The van der Waals surface area contributed by atoms with Gasteiger partial charge in [0.1, 0.15) is 0 Å². The minimum atomic E-state index is -8.52. The fourth-order valence-corrected chi connectivity index (χ4v) is 2.32. The van der Waals surface area contributed by atoms with Crippen LogP contribution in [-0.2, 0) is 29.9 Å². The molecule has 0 amide bonds. The van der Waals surface area contributed by atoms with E-state index in [4.69, 9.17) is 0 Å². The summed E-state index contributed by atoms with van der Waals surface area (Å²) in [6.07, 6.45) is -22.3. The van der Waals surface area contributed by atoms with E-state index in [1.807, 2.05) is 0 Å². The number of hydrogen-bond acceptors (Lipinski definition) is 6. The smallest absolute Gasteiger partial charge is 0.265 e. The van der Waals surface area contributed by atoms with Crippen LogP contribution < -0.4 is 0 Å². The summed E-state index contributed by atoms with van der Waals surface area (Å²) in [5.74, 6) is -20.0. The highest BCUT2D eigenvalue weighted by Gasteiger charge is 2.88. The summed E-state index contributed by atoms with van der Waals surface area (Å²) in [6.45, 7) is 1.52. The van der Waals surface area contributed by atoms with Crippen molar-refractivity contribution >= 4 is 20.4 Å². The molecule has 0 rings (SSSR count). The largest absolute Gasteiger partial charge is 0.439 e. The van der Waals surface area contributed by atoms with Gasteiger partial charge in [0.25, 0.3) is 0 Å². The zero-order valence-electron chi connectivity index (χ0n) is 14.0. The van der Waals surface area contributed by atoms with Crippen LogP contribution in [0.5, 0.6) is 0 Å². The fraction of sp³-hybridized carbons (Fsp3) is 0.778. The fourth-order valence-electron chi connectivity index (χ4n) is 1.29. The molecule has 0 aliphatic rings. The molecule has 0 heterocycles. The van der Waals surface area contributed by atoms with Gasteiger partial charge in [0.15, 0.2) is 5.83 Å². The molecular weight excluding hydrogens is 572 g/mol. The van der Waals surface area contributed by atoms with Gasteiger partial charge in [-0.3, -0.25) is 4.74 Å². The van der Waals surface area contributed by atoms with Crippen molar-refractivity contribution in [3.8, 4) is 0 Å². The number of hydrogen-bond donors (Lipinski definition) is 0. The highest BCUT2D eigenvalue weighted by Crippen LogP contribution is 2.57. The van der Waals surface area contributed by atoms with Gasteiger partial charge in [-0.1, -0.05) is 14.4 Å². The van der Waals surface area contributed by atoms with E-state index < -0.39 is 66.9 Å². The molecule has 0 fully saturated rings. The van der Waals surface area contributed by atoms with Crippen LogP contribution in [-0.4, -0.2) is 57.4 Å². The molecule has 0 aliphatic carbocycles. The number of alkyl halides is 13. The van der Waals surface area contributed by atoms with Gasteiger partial charge < -0.3 is 0 Å². The van der Waals surface area contributed by atoms with E-state index in [9.17, 15) is 86.1 Å². The first-order valence-electron chi connectivity index (χ1n) is 6.45. The molecular formula is C9H2F16O6S2. The van der Waals surface area contributed by atoms with Gasteiger partial charge >= 0.3 is 61.1 Å². The Bertz CT molecular complexity index is 942. The van der Waals surface area contributed by atoms with E-state index in [0.29, 0.717) is 0 Å². The summed E-state index contributed by atoms with van der Waals surface area (Å²) in [6, 6.07) is 0. The topological polar surface area (TPSA) is 86.7 Å². The molecule has 0 aliphatic heterocycles. The molecule has 0 radical (unpaired) electrons. The maximum absolute atomic E-state index is 13.9. The molecule has 0 aromatic carbocycles. The average molecular weight is 574 g/mol. The van der Waals surface area contributed by atoms with Crippen molar-refractivity contribution in [3.05, 3.63) is 12.4 Å². The Labute approximate surface area is 170 Å². The third-order valence-electron chi connectivity index (χ3n) is 2.93. The Morgan fingerprint density at radius 3 is 1.12 bits per heavy atom. The van der Waals surface area contributed by atoms with Crippen LogP contribution in [0.3, 0.4) is 0 Å². The highest BCUT2D eigenvalue weighted by molar-refractivity contribution is 7.88. The summed E-state index contributed by atoms with van der Waals surface area (Å²) in [7, 11) is -17.0. The second kappa shape index (κ2) is 8.00. The summed E-state index contributed by atoms with van der Waals surface area (Å²) in [4.78, 5) is 0. The highest BCUT2D eigenvalue weighted by atomic mass is 32.3. The normalized spacial score (nSPS) is 16.1. The monoisotopic (exact) mass is 574 g/mol. The molecule has 6 nitrogen and oxygen atoms in total. The molecule has 0 saturated heterocycles. The van der Waals surface area contributed by atoms with Crippen LogP contribution >= 0.6 is 0 Å². The molecule has 0 spiro atoms. The van der Waals surface area contributed by atoms with Gasteiger partial charge in [-0.2, -0.15) is 73.9 Å². The molecule has 0 aromatic rings. The summed E-state index contributed by atoms with van der Waals surface area (Å²) >= 11 is 0. The van der Waals surface area contributed by atoms with Gasteiger partial charge in [-0.05, 0) is 0 Å². The van der Waals surface area contributed by atoms with Gasteiger partial charge in [0.05, 0.1) is 0 Å². The van der Waals surface area contributed by atoms with Gasteiger partial charge in [0, 0.05) is 0 Å². The molecule has 0 N–H and O–H groups in total. The standard InChI is InChI=1S/C9H2F16O6S2/c1-2(10)3(11,12)30-6(16,17)4(13,14)7(18,19)31-5(15,8(20,21)32(24,26)27)9(22,23)33(25,28)29/h1H2. The van der Waals surface area contributed by atoms with Gasteiger partial charge in [-0.15, -0.1) is 0 Å². The van der Waals surface area contributed by atoms with Crippen molar-refractivity contribution in [2.24, 2.45) is 0 Å². The quantitative estimate of drug-likeness (QED) is 0.269. The van der Waals surface area contributed by atoms with Crippen LogP contribution in [0, 0.1) is 0 Å². The third kappa shape index (κ3) is 4.96. The number of ether oxygens (including phenoxy) is 2. The van der Waals surface area contributed by atoms with Crippen LogP contribution in [0.15, 0.2) is 12.4 Å². The van der Waals surface area contributed by atoms with Crippen LogP contribution in [0.1, 0.15) is 0 Å². The van der Waals surface area contributed by atoms with Gasteiger partial charge in [0.2, 0.25) is 0 Å². The Balaban J connectivity index is 7.01. The molecule has 33 heavy (non-hydrogen) atoms. The average Bonchev–Trinajstić information content (AvgIpc) is 2.50. The Kier molecular flexibility index (Phi) is 7.62. The van der Waals surface area contributed by atoms with E-state index in [0.717, 1.165) is 0 Å². The van der Waals surface area contributed by atoms with Crippen molar-refractivity contribution in [2.75, 3.05) is 0 Å². The summed E-state index contributed by atoms with van der Waals surface area (Å²) < 4.78 is 252. The van der Waals surface area contributed by atoms with Crippen molar-refractivity contribution in [3.63, 3.8) is 0 Å². The van der Waals surface area contributed by atoms with E-state index in [1.165, 1.54) is 11.3 Å². The second-order valence-corrected chi connectivity index (χ2v) is 8.02. The molecule has 0 saturated carbocycles. The Morgan fingerprint density at radius 1 is 0.606 bits per heavy atom. The maximum atomic E-state index is 13.9.